The summed E-state index contributed by atoms with van der Waals surface area (Å²) < 4.78 is 5.44. The van der Waals surface area contributed by atoms with Crippen LogP contribution in [0.3, 0.4) is 0 Å². The van der Waals surface area contributed by atoms with Gasteiger partial charge in [0.25, 0.3) is 5.91 Å². The lowest BCUT2D eigenvalue weighted by Gasteiger charge is -2.37. The second-order valence-electron chi connectivity index (χ2n) is 6.07. The van der Waals surface area contributed by atoms with E-state index in [1.165, 1.54) is 0 Å². The van der Waals surface area contributed by atoms with Gasteiger partial charge in [0, 0.05) is 37.0 Å². The van der Waals surface area contributed by atoms with Gasteiger partial charge in [-0.15, -0.1) is 0 Å². The summed E-state index contributed by atoms with van der Waals surface area (Å²) in [7, 11) is 1.68. The van der Waals surface area contributed by atoms with Gasteiger partial charge in [0.2, 0.25) is 0 Å². The lowest BCUT2D eigenvalue weighted by atomic mass is 9.94. The van der Waals surface area contributed by atoms with Crippen LogP contribution in [-0.4, -0.2) is 49.0 Å². The van der Waals surface area contributed by atoms with E-state index in [-0.39, 0.29) is 11.8 Å². The number of hydrogen-bond donors (Lipinski definition) is 0. The molecule has 1 amide bonds. The van der Waals surface area contributed by atoms with Crippen LogP contribution in [0, 0.1) is 5.92 Å². The summed E-state index contributed by atoms with van der Waals surface area (Å²) in [6.07, 6.45) is 5.80. The Kier molecular flexibility index (Phi) is 5.00. The van der Waals surface area contributed by atoms with Crippen LogP contribution in [0.1, 0.15) is 6.92 Å². The van der Waals surface area contributed by atoms with E-state index in [2.05, 4.69) is 11.0 Å². The van der Waals surface area contributed by atoms with Gasteiger partial charge in [-0.2, -0.15) is 0 Å². The number of hydrogen-bond acceptors (Lipinski definition) is 4. The smallest absolute Gasteiger partial charge is 0.255 e. The Morgan fingerprint density at radius 3 is 2.62 bits per heavy atom. The molecule has 1 saturated heterocycles. The zero-order chi connectivity index (χ0) is 17.1. The summed E-state index contributed by atoms with van der Waals surface area (Å²) in [6, 6.07) is 8.00. The maximum Gasteiger partial charge on any atom is 0.255 e. The van der Waals surface area contributed by atoms with Crippen molar-refractivity contribution in [1.82, 2.24) is 4.90 Å². The minimum Gasteiger partial charge on any atom is -0.495 e. The normalized spacial score (nSPS) is 20.8. The van der Waals surface area contributed by atoms with Gasteiger partial charge in [0.15, 0.2) is 0 Å². The molecule has 1 aromatic carbocycles. The molecule has 1 fully saturated rings. The minimum absolute atomic E-state index is 0.0517. The molecule has 1 aromatic rings. The quantitative estimate of drug-likeness (QED) is 0.791. The topological polar surface area (TPSA) is 32.8 Å². The highest BCUT2D eigenvalue weighted by molar-refractivity contribution is 7.81. The molecule has 1 atom stereocenters. The Bertz CT molecular complexity index is 703. The van der Waals surface area contributed by atoms with E-state index in [1.807, 2.05) is 48.3 Å². The summed E-state index contributed by atoms with van der Waals surface area (Å²) in [4.78, 5) is 17.7. The molecule has 5 heteroatoms. The van der Waals surface area contributed by atoms with Gasteiger partial charge in [0.1, 0.15) is 5.75 Å². The number of allylic oxidation sites excluding steroid dienone is 3. The standard InChI is InChI=1S/C19H22N2O2S/c1-14-6-5-7-15(18(14)24)19(22)21-12-10-20(11-13-21)16-8-3-4-9-17(16)23-2/h3-9,14H,10-13H2,1-2H3. The van der Waals surface area contributed by atoms with Crippen LogP contribution in [0.25, 0.3) is 0 Å². The van der Waals surface area contributed by atoms with Crippen LogP contribution in [0.2, 0.25) is 0 Å². The number of thiocarbonyl (C=S) groups is 1. The van der Waals surface area contributed by atoms with E-state index in [1.54, 1.807) is 7.11 Å². The fourth-order valence-corrected chi connectivity index (χ4v) is 3.36. The number of piperazine rings is 1. The van der Waals surface area contributed by atoms with E-state index >= 15 is 0 Å². The number of nitrogens with zero attached hydrogens (tertiary/aromatic N) is 2. The summed E-state index contributed by atoms with van der Waals surface area (Å²) in [5.74, 6) is 1.07. The SMILES string of the molecule is COc1ccccc1N1CCN(C(=O)C2=CC=CC(C)C2=S)CC1. The first kappa shape index (κ1) is 16.7. The molecule has 24 heavy (non-hydrogen) atoms. The number of para-hydroxylation sites is 2. The van der Waals surface area contributed by atoms with Crippen molar-refractivity contribution in [2.24, 2.45) is 5.92 Å². The minimum atomic E-state index is 0.0517. The third-order valence-electron chi connectivity index (χ3n) is 4.56. The first-order valence-corrected chi connectivity index (χ1v) is 8.62. The molecule has 2 aliphatic rings. The van der Waals surface area contributed by atoms with Crippen molar-refractivity contribution in [2.75, 3.05) is 38.2 Å². The molecule has 1 heterocycles. The average Bonchev–Trinajstić information content (AvgIpc) is 2.63. The summed E-state index contributed by atoms with van der Waals surface area (Å²) in [5, 5.41) is 0. The molecule has 1 aliphatic carbocycles. The van der Waals surface area contributed by atoms with Crippen LogP contribution in [0.5, 0.6) is 5.75 Å². The van der Waals surface area contributed by atoms with Gasteiger partial charge in [-0.1, -0.05) is 43.4 Å². The molecular formula is C19H22N2O2S. The summed E-state index contributed by atoms with van der Waals surface area (Å²) in [6.45, 7) is 4.98. The number of benzene rings is 1. The Labute approximate surface area is 148 Å². The Hall–Kier alpha value is -2.14. The molecule has 0 radical (unpaired) electrons. The Balaban J connectivity index is 1.67. The van der Waals surface area contributed by atoms with E-state index in [9.17, 15) is 4.79 Å². The second kappa shape index (κ2) is 7.18. The molecule has 0 bridgehead atoms. The molecule has 0 aromatic heterocycles. The number of carbonyl (C=O) groups excluding carboxylic acids is 1. The van der Waals surface area contributed by atoms with Gasteiger partial charge >= 0.3 is 0 Å². The lowest BCUT2D eigenvalue weighted by Crippen LogP contribution is -2.50. The molecule has 3 rings (SSSR count). The fraction of sp³-hybridized carbons (Fsp3) is 0.368. The van der Waals surface area contributed by atoms with Crippen LogP contribution in [0.15, 0.2) is 48.1 Å². The van der Waals surface area contributed by atoms with Gasteiger partial charge in [-0.05, 0) is 18.2 Å². The van der Waals surface area contributed by atoms with Crippen molar-refractivity contribution in [3.05, 3.63) is 48.1 Å². The van der Waals surface area contributed by atoms with E-state index in [0.717, 1.165) is 29.4 Å². The second-order valence-corrected chi connectivity index (χ2v) is 6.51. The van der Waals surface area contributed by atoms with Gasteiger partial charge in [0.05, 0.1) is 18.4 Å². The first-order chi connectivity index (χ1) is 11.6. The predicted molar refractivity (Wildman–Crippen MR) is 101 cm³/mol. The third-order valence-corrected chi connectivity index (χ3v) is 5.16. The highest BCUT2D eigenvalue weighted by Gasteiger charge is 2.28. The number of rotatable bonds is 3. The van der Waals surface area contributed by atoms with Gasteiger partial charge in [-0.25, -0.2) is 0 Å². The van der Waals surface area contributed by atoms with E-state index < -0.39 is 0 Å². The van der Waals surface area contributed by atoms with Crippen LogP contribution in [-0.2, 0) is 4.79 Å². The molecule has 1 unspecified atom stereocenters. The zero-order valence-corrected chi connectivity index (χ0v) is 14.9. The fourth-order valence-electron chi connectivity index (χ4n) is 3.12. The largest absolute Gasteiger partial charge is 0.495 e. The molecular weight excluding hydrogens is 320 g/mol. The Morgan fingerprint density at radius 2 is 1.92 bits per heavy atom. The van der Waals surface area contributed by atoms with Crippen molar-refractivity contribution in [3.8, 4) is 5.75 Å². The number of anilines is 1. The summed E-state index contributed by atoms with van der Waals surface area (Å²) in [5.41, 5.74) is 1.75. The zero-order valence-electron chi connectivity index (χ0n) is 14.1. The first-order valence-electron chi connectivity index (χ1n) is 8.21. The lowest BCUT2D eigenvalue weighted by molar-refractivity contribution is -0.126. The van der Waals surface area contributed by atoms with Crippen molar-refractivity contribution in [1.29, 1.82) is 0 Å². The molecule has 4 nitrogen and oxygen atoms in total. The number of ether oxygens (including phenoxy) is 1. The molecule has 0 spiro atoms. The maximum absolute atomic E-state index is 12.8. The van der Waals surface area contributed by atoms with E-state index in [0.29, 0.717) is 18.7 Å². The van der Waals surface area contributed by atoms with Crippen LogP contribution >= 0.6 is 12.2 Å². The van der Waals surface area contributed by atoms with Crippen LogP contribution in [0.4, 0.5) is 5.69 Å². The monoisotopic (exact) mass is 342 g/mol. The third kappa shape index (κ3) is 3.22. The maximum atomic E-state index is 12.8. The number of amides is 1. The van der Waals surface area contributed by atoms with E-state index in [4.69, 9.17) is 17.0 Å². The number of methoxy groups -OCH3 is 1. The Morgan fingerprint density at radius 1 is 1.21 bits per heavy atom. The highest BCUT2D eigenvalue weighted by atomic mass is 32.1. The molecule has 0 saturated carbocycles. The van der Waals surface area contributed by atoms with Crippen molar-refractivity contribution in [3.63, 3.8) is 0 Å². The number of carbonyl (C=O) groups is 1. The van der Waals surface area contributed by atoms with Crippen molar-refractivity contribution in [2.45, 2.75) is 6.92 Å². The average molecular weight is 342 g/mol. The highest BCUT2D eigenvalue weighted by Crippen LogP contribution is 2.28. The molecule has 126 valence electrons. The molecule has 1 aliphatic heterocycles. The van der Waals surface area contributed by atoms with Crippen molar-refractivity contribution >= 4 is 28.7 Å². The molecule has 0 N–H and O–H groups in total. The van der Waals surface area contributed by atoms with Gasteiger partial charge in [-0.3, -0.25) is 4.79 Å². The predicted octanol–water partition coefficient (Wildman–Crippen LogP) is 2.85. The summed E-state index contributed by atoms with van der Waals surface area (Å²) >= 11 is 5.43. The van der Waals surface area contributed by atoms with Gasteiger partial charge < -0.3 is 14.5 Å². The van der Waals surface area contributed by atoms with Crippen molar-refractivity contribution < 1.29 is 9.53 Å². The van der Waals surface area contributed by atoms with Crippen LogP contribution < -0.4 is 9.64 Å².